The highest BCUT2D eigenvalue weighted by Gasteiger charge is 2.49. The van der Waals surface area contributed by atoms with Crippen LogP contribution in [0.1, 0.15) is 71.4 Å². The predicted octanol–water partition coefficient (Wildman–Crippen LogP) is 7.36. The van der Waals surface area contributed by atoms with Crippen molar-refractivity contribution in [3.8, 4) is 11.5 Å². The van der Waals surface area contributed by atoms with Crippen molar-refractivity contribution in [2.75, 3.05) is 9.80 Å². The lowest BCUT2D eigenvalue weighted by Gasteiger charge is -2.26. The monoisotopic (exact) mass is 734 g/mol. The van der Waals surface area contributed by atoms with Crippen LogP contribution in [-0.4, -0.2) is 35.6 Å². The van der Waals surface area contributed by atoms with Crippen molar-refractivity contribution in [3.05, 3.63) is 144 Å². The van der Waals surface area contributed by atoms with Gasteiger partial charge in [-0.25, -0.2) is 9.59 Å². The Hall–Kier alpha value is -6.42. The average molecular weight is 735 g/mol. The van der Waals surface area contributed by atoms with Crippen LogP contribution >= 0.6 is 0 Å². The molecule has 0 spiro atoms. The van der Waals surface area contributed by atoms with Gasteiger partial charge in [-0.2, -0.15) is 0 Å². The number of anilines is 2. The molecule has 0 aromatic heterocycles. The summed E-state index contributed by atoms with van der Waals surface area (Å²) in [6, 6.07) is 27.0. The summed E-state index contributed by atoms with van der Waals surface area (Å²) in [7, 11) is 0. The third-order valence-electron chi connectivity index (χ3n) is 11.3. The molecule has 2 fully saturated rings. The number of nitrogens with zero attached hydrogens (tertiary/aromatic N) is 2. The summed E-state index contributed by atoms with van der Waals surface area (Å²) in [6.07, 6.45) is 10.0. The Morgan fingerprint density at radius 1 is 0.473 bits per heavy atom. The van der Waals surface area contributed by atoms with Crippen LogP contribution in [0.5, 0.6) is 11.5 Å². The Balaban J connectivity index is 0.867. The fourth-order valence-electron chi connectivity index (χ4n) is 7.98. The van der Waals surface area contributed by atoms with Crippen LogP contribution in [-0.2, 0) is 24.6 Å². The standard InChI is InChI=1S/C45H38N2O8/c1-45(2,29-15-23-33(24-16-29)54-43(52)27-11-19-31(20-12-27)46-39(48)35-7-3-4-8-36(35)40(46)49)30-17-25-34(26-18-30)55-44(53)28-13-21-32(22-14-28)47-41(50)37-9-5-6-10-38(37)42(47)51/h3-6,11-26,35-38H,7-10H2,1-2H3. The van der Waals surface area contributed by atoms with Crippen molar-refractivity contribution in [1.29, 1.82) is 0 Å². The Morgan fingerprint density at radius 3 is 1.05 bits per heavy atom. The maximum absolute atomic E-state index is 13.0. The molecule has 55 heavy (non-hydrogen) atoms. The maximum Gasteiger partial charge on any atom is 0.343 e. The molecule has 10 nitrogen and oxygen atoms in total. The van der Waals surface area contributed by atoms with Gasteiger partial charge in [-0.3, -0.25) is 29.0 Å². The first kappa shape index (κ1) is 35.6. The van der Waals surface area contributed by atoms with E-state index in [1.165, 1.54) is 9.80 Å². The fourth-order valence-corrected chi connectivity index (χ4v) is 7.98. The molecule has 276 valence electrons. The van der Waals surface area contributed by atoms with Gasteiger partial charge in [-0.15, -0.1) is 0 Å². The normalized spacial score (nSPS) is 21.8. The van der Waals surface area contributed by atoms with Crippen molar-refractivity contribution in [1.82, 2.24) is 0 Å². The molecule has 4 aromatic rings. The molecule has 10 heteroatoms. The molecule has 2 aliphatic heterocycles. The summed E-state index contributed by atoms with van der Waals surface area (Å²) >= 11 is 0. The van der Waals surface area contributed by atoms with Crippen molar-refractivity contribution in [2.24, 2.45) is 23.7 Å². The van der Waals surface area contributed by atoms with E-state index < -0.39 is 17.4 Å². The molecule has 4 aliphatic rings. The number of amides is 4. The molecule has 4 unspecified atom stereocenters. The number of fused-ring (bicyclic) bond motifs is 2. The number of benzene rings is 4. The molecular weight excluding hydrogens is 697 g/mol. The molecule has 0 radical (unpaired) electrons. The van der Waals surface area contributed by atoms with Crippen molar-refractivity contribution in [3.63, 3.8) is 0 Å². The fraction of sp³-hybridized carbons (Fsp3) is 0.244. The molecule has 4 aromatic carbocycles. The number of carbonyl (C=O) groups is 6. The Kier molecular flexibility index (Phi) is 9.12. The van der Waals surface area contributed by atoms with Gasteiger partial charge in [-0.1, -0.05) is 62.4 Å². The van der Waals surface area contributed by atoms with E-state index in [-0.39, 0.29) is 58.4 Å². The molecule has 0 saturated carbocycles. The van der Waals surface area contributed by atoms with Gasteiger partial charge in [0.25, 0.3) is 0 Å². The lowest BCUT2D eigenvalue weighted by molar-refractivity contribution is -0.124. The van der Waals surface area contributed by atoms with Gasteiger partial charge in [0, 0.05) is 5.41 Å². The Morgan fingerprint density at radius 2 is 0.764 bits per heavy atom. The highest BCUT2D eigenvalue weighted by Crippen LogP contribution is 2.39. The highest BCUT2D eigenvalue weighted by atomic mass is 16.5. The van der Waals surface area contributed by atoms with Crippen molar-refractivity contribution < 1.29 is 38.2 Å². The highest BCUT2D eigenvalue weighted by molar-refractivity contribution is 6.23. The topological polar surface area (TPSA) is 127 Å². The molecule has 0 N–H and O–H groups in total. The van der Waals surface area contributed by atoms with E-state index >= 15 is 0 Å². The second kappa shape index (κ2) is 14.1. The molecule has 4 amide bonds. The van der Waals surface area contributed by atoms with Crippen LogP contribution in [0.25, 0.3) is 0 Å². The van der Waals surface area contributed by atoms with E-state index in [0.717, 1.165) is 11.1 Å². The molecular formula is C45H38N2O8. The van der Waals surface area contributed by atoms with E-state index in [4.69, 9.17) is 9.47 Å². The zero-order valence-electron chi connectivity index (χ0n) is 30.3. The van der Waals surface area contributed by atoms with Crippen molar-refractivity contribution in [2.45, 2.75) is 44.9 Å². The Labute approximate surface area is 318 Å². The minimum atomic E-state index is -0.566. The smallest absolute Gasteiger partial charge is 0.343 e. The number of carbonyl (C=O) groups excluding carboxylic acids is 6. The lowest BCUT2D eigenvalue weighted by Crippen LogP contribution is -2.30. The first-order valence-electron chi connectivity index (χ1n) is 18.4. The molecule has 4 atom stereocenters. The largest absolute Gasteiger partial charge is 0.423 e. The summed E-state index contributed by atoms with van der Waals surface area (Å²) in [5, 5.41) is 0. The second-order valence-electron chi connectivity index (χ2n) is 14.9. The van der Waals surface area contributed by atoms with Gasteiger partial charge in [0.05, 0.1) is 46.2 Å². The van der Waals surface area contributed by atoms with E-state index in [9.17, 15) is 28.8 Å². The summed E-state index contributed by atoms with van der Waals surface area (Å²) in [6.45, 7) is 4.11. The van der Waals surface area contributed by atoms with Gasteiger partial charge in [0.15, 0.2) is 0 Å². The first-order valence-corrected chi connectivity index (χ1v) is 18.4. The number of allylic oxidation sites excluding steroid dienone is 4. The van der Waals surface area contributed by atoms with Gasteiger partial charge in [0.1, 0.15) is 11.5 Å². The average Bonchev–Trinajstić information content (AvgIpc) is 3.62. The van der Waals surface area contributed by atoms with Crippen LogP contribution in [0.15, 0.2) is 121 Å². The minimum Gasteiger partial charge on any atom is -0.423 e. The van der Waals surface area contributed by atoms with Crippen LogP contribution < -0.4 is 19.3 Å². The Bertz CT molecular complexity index is 2060. The number of esters is 2. The number of hydrogen-bond acceptors (Lipinski definition) is 8. The van der Waals surface area contributed by atoms with Crippen molar-refractivity contribution >= 4 is 46.9 Å². The van der Waals surface area contributed by atoms with Gasteiger partial charge < -0.3 is 9.47 Å². The third-order valence-corrected chi connectivity index (χ3v) is 11.3. The first-order chi connectivity index (χ1) is 26.5. The number of imide groups is 2. The van der Waals surface area contributed by atoms with Crippen LogP contribution in [0.2, 0.25) is 0 Å². The van der Waals surface area contributed by atoms with E-state index in [1.807, 2.05) is 48.6 Å². The summed E-state index contributed by atoms with van der Waals surface area (Å²) in [4.78, 5) is 80.1. The van der Waals surface area contributed by atoms with Gasteiger partial charge >= 0.3 is 11.9 Å². The maximum atomic E-state index is 13.0. The summed E-state index contributed by atoms with van der Waals surface area (Å²) in [5.41, 5.74) is 2.92. The predicted molar refractivity (Wildman–Crippen MR) is 204 cm³/mol. The quantitative estimate of drug-likeness (QED) is 0.0796. The number of hydrogen-bond donors (Lipinski definition) is 0. The van der Waals surface area contributed by atoms with Crippen LogP contribution in [0, 0.1) is 23.7 Å². The van der Waals surface area contributed by atoms with Gasteiger partial charge in [-0.05, 0) is 110 Å². The lowest BCUT2D eigenvalue weighted by atomic mass is 9.78. The third kappa shape index (κ3) is 6.47. The second-order valence-corrected chi connectivity index (χ2v) is 14.9. The van der Waals surface area contributed by atoms with Crippen LogP contribution in [0.4, 0.5) is 11.4 Å². The SMILES string of the molecule is CC(C)(c1ccc(OC(=O)c2ccc(N3C(=O)C4CC=CCC4C3=O)cc2)cc1)c1ccc(OC(=O)c2ccc(N3C(=O)C4CC=CCC4C3=O)cc2)cc1. The number of ether oxygens (including phenoxy) is 2. The molecule has 2 heterocycles. The van der Waals surface area contributed by atoms with Gasteiger partial charge in [0.2, 0.25) is 23.6 Å². The van der Waals surface area contributed by atoms with Crippen LogP contribution in [0.3, 0.4) is 0 Å². The minimum absolute atomic E-state index is 0.205. The number of rotatable bonds is 8. The summed E-state index contributed by atoms with van der Waals surface area (Å²) in [5.74, 6) is -2.55. The molecule has 2 saturated heterocycles. The molecule has 0 bridgehead atoms. The van der Waals surface area contributed by atoms with E-state index in [2.05, 4.69) is 13.8 Å². The molecule has 2 aliphatic carbocycles. The zero-order valence-corrected chi connectivity index (χ0v) is 30.3. The zero-order chi connectivity index (χ0) is 38.4. The van der Waals surface area contributed by atoms with E-state index in [0.29, 0.717) is 48.6 Å². The summed E-state index contributed by atoms with van der Waals surface area (Å²) < 4.78 is 11.3. The molecule has 8 rings (SSSR count). The van der Waals surface area contributed by atoms with E-state index in [1.54, 1.807) is 72.8 Å².